The molecule has 23 heavy (non-hydrogen) atoms. The number of rotatable bonds is 4. The van der Waals surface area contributed by atoms with Gasteiger partial charge in [0.1, 0.15) is 0 Å². The van der Waals surface area contributed by atoms with Crippen LogP contribution in [0.5, 0.6) is 0 Å². The number of nitrogens with zero attached hydrogens (tertiary/aromatic N) is 3. The summed E-state index contributed by atoms with van der Waals surface area (Å²) in [5, 5.41) is 4.01. The number of amides is 1. The van der Waals surface area contributed by atoms with Crippen molar-refractivity contribution in [2.24, 2.45) is 0 Å². The molecule has 1 aromatic heterocycles. The fourth-order valence-corrected chi connectivity index (χ4v) is 3.00. The highest BCUT2D eigenvalue weighted by Crippen LogP contribution is 2.19. The molecule has 0 N–H and O–H groups in total. The summed E-state index contributed by atoms with van der Waals surface area (Å²) in [5.41, 5.74) is 2.13. The molecular formula is C18H23N3O2. The predicted octanol–water partition coefficient (Wildman–Crippen LogP) is 3.38. The first-order chi connectivity index (χ1) is 11.1. The predicted molar refractivity (Wildman–Crippen MR) is 87.8 cm³/mol. The SMILES string of the molecule is Cc1ccc(-c2noc(CCC(=O)N3CCCC[C@@H]3C)n2)cc1. The topological polar surface area (TPSA) is 59.2 Å². The maximum atomic E-state index is 12.3. The molecule has 2 aromatic rings. The van der Waals surface area contributed by atoms with E-state index < -0.39 is 0 Å². The zero-order valence-electron chi connectivity index (χ0n) is 13.8. The number of likely N-dealkylation sites (tertiary alicyclic amines) is 1. The molecule has 0 bridgehead atoms. The van der Waals surface area contributed by atoms with Gasteiger partial charge in [-0.25, -0.2) is 0 Å². The van der Waals surface area contributed by atoms with Gasteiger partial charge in [-0.3, -0.25) is 4.79 Å². The van der Waals surface area contributed by atoms with Crippen molar-refractivity contribution in [2.75, 3.05) is 6.54 Å². The van der Waals surface area contributed by atoms with Gasteiger partial charge in [0, 0.05) is 31.0 Å². The Balaban J connectivity index is 1.58. The Hall–Kier alpha value is -2.17. The van der Waals surface area contributed by atoms with E-state index in [-0.39, 0.29) is 5.91 Å². The molecule has 1 aliphatic rings. The van der Waals surface area contributed by atoms with Crippen LogP contribution in [-0.4, -0.2) is 33.5 Å². The second kappa shape index (κ2) is 6.94. The summed E-state index contributed by atoms with van der Waals surface area (Å²) >= 11 is 0. The van der Waals surface area contributed by atoms with Crippen LogP contribution in [0.15, 0.2) is 28.8 Å². The Bertz CT molecular complexity index is 663. The Labute approximate surface area is 136 Å². The third-order valence-electron chi connectivity index (χ3n) is 4.45. The third-order valence-corrected chi connectivity index (χ3v) is 4.45. The summed E-state index contributed by atoms with van der Waals surface area (Å²) in [4.78, 5) is 18.7. The van der Waals surface area contributed by atoms with Gasteiger partial charge >= 0.3 is 0 Å². The minimum absolute atomic E-state index is 0.187. The fraction of sp³-hybridized carbons (Fsp3) is 0.500. The minimum Gasteiger partial charge on any atom is -0.340 e. The molecule has 0 aliphatic carbocycles. The van der Waals surface area contributed by atoms with Crippen LogP contribution in [0, 0.1) is 6.92 Å². The van der Waals surface area contributed by atoms with Crippen molar-refractivity contribution in [2.45, 2.75) is 52.0 Å². The molecule has 1 aliphatic heterocycles. The summed E-state index contributed by atoms with van der Waals surface area (Å²) in [6.45, 7) is 5.04. The average molecular weight is 313 g/mol. The number of aromatic nitrogens is 2. The van der Waals surface area contributed by atoms with E-state index in [2.05, 4.69) is 17.1 Å². The molecule has 1 fully saturated rings. The largest absolute Gasteiger partial charge is 0.340 e. The lowest BCUT2D eigenvalue weighted by Gasteiger charge is -2.33. The van der Waals surface area contributed by atoms with E-state index in [1.807, 2.05) is 36.1 Å². The number of piperidine rings is 1. The standard InChI is InChI=1S/C18H23N3O2/c1-13-6-8-15(9-7-13)18-19-16(23-20-18)10-11-17(22)21-12-4-3-5-14(21)2/h6-9,14H,3-5,10-12H2,1-2H3/t14-/m0/s1. The Morgan fingerprint density at radius 3 is 2.83 bits per heavy atom. The van der Waals surface area contributed by atoms with E-state index in [1.54, 1.807) is 0 Å². The minimum atomic E-state index is 0.187. The number of hydrogen-bond donors (Lipinski definition) is 0. The van der Waals surface area contributed by atoms with E-state index in [1.165, 1.54) is 12.0 Å². The molecule has 0 spiro atoms. The Morgan fingerprint density at radius 2 is 2.09 bits per heavy atom. The summed E-state index contributed by atoms with van der Waals surface area (Å²) < 4.78 is 5.28. The lowest BCUT2D eigenvalue weighted by atomic mass is 10.0. The Kier molecular flexibility index (Phi) is 4.74. The van der Waals surface area contributed by atoms with Gasteiger partial charge in [0.15, 0.2) is 0 Å². The third kappa shape index (κ3) is 3.78. The van der Waals surface area contributed by atoms with Gasteiger partial charge in [-0.05, 0) is 33.1 Å². The molecule has 1 saturated heterocycles. The van der Waals surface area contributed by atoms with Crippen LogP contribution in [0.1, 0.15) is 44.1 Å². The molecule has 0 unspecified atom stereocenters. The van der Waals surface area contributed by atoms with Crippen molar-refractivity contribution in [3.05, 3.63) is 35.7 Å². The first kappa shape index (κ1) is 15.7. The van der Waals surface area contributed by atoms with Gasteiger partial charge in [0.2, 0.25) is 17.6 Å². The molecule has 1 amide bonds. The zero-order chi connectivity index (χ0) is 16.2. The molecule has 1 atom stereocenters. The number of benzene rings is 1. The van der Waals surface area contributed by atoms with Crippen LogP contribution in [0.4, 0.5) is 0 Å². The molecule has 0 radical (unpaired) electrons. The van der Waals surface area contributed by atoms with E-state index in [4.69, 9.17) is 4.52 Å². The molecule has 2 heterocycles. The highest BCUT2D eigenvalue weighted by molar-refractivity contribution is 5.76. The van der Waals surface area contributed by atoms with E-state index in [9.17, 15) is 4.79 Å². The average Bonchev–Trinajstić information content (AvgIpc) is 3.03. The van der Waals surface area contributed by atoms with Gasteiger partial charge < -0.3 is 9.42 Å². The van der Waals surface area contributed by atoms with Gasteiger partial charge in [0.25, 0.3) is 0 Å². The normalized spacial score (nSPS) is 18.2. The maximum absolute atomic E-state index is 12.3. The molecule has 0 saturated carbocycles. The molecule has 5 nitrogen and oxygen atoms in total. The first-order valence-corrected chi connectivity index (χ1v) is 8.32. The van der Waals surface area contributed by atoms with Crippen LogP contribution in [0.25, 0.3) is 11.4 Å². The first-order valence-electron chi connectivity index (χ1n) is 8.32. The summed E-state index contributed by atoms with van der Waals surface area (Å²) in [6.07, 6.45) is 4.35. The molecule has 122 valence electrons. The van der Waals surface area contributed by atoms with Crippen LogP contribution in [0.2, 0.25) is 0 Å². The second-order valence-corrected chi connectivity index (χ2v) is 6.31. The van der Waals surface area contributed by atoms with E-state index in [0.29, 0.717) is 30.6 Å². The van der Waals surface area contributed by atoms with Crippen molar-refractivity contribution in [3.8, 4) is 11.4 Å². The van der Waals surface area contributed by atoms with E-state index >= 15 is 0 Å². The number of aryl methyl sites for hydroxylation is 2. The molecule has 1 aromatic carbocycles. The van der Waals surface area contributed by atoms with Gasteiger partial charge in [0.05, 0.1) is 0 Å². The van der Waals surface area contributed by atoms with Crippen LogP contribution < -0.4 is 0 Å². The van der Waals surface area contributed by atoms with Crippen LogP contribution in [-0.2, 0) is 11.2 Å². The van der Waals surface area contributed by atoms with Gasteiger partial charge in [-0.15, -0.1) is 0 Å². The zero-order valence-corrected chi connectivity index (χ0v) is 13.8. The van der Waals surface area contributed by atoms with Crippen molar-refractivity contribution in [1.82, 2.24) is 15.0 Å². The number of hydrogen-bond acceptors (Lipinski definition) is 4. The second-order valence-electron chi connectivity index (χ2n) is 6.31. The van der Waals surface area contributed by atoms with Gasteiger partial charge in [-0.2, -0.15) is 4.98 Å². The highest BCUT2D eigenvalue weighted by atomic mass is 16.5. The number of carbonyl (C=O) groups is 1. The van der Waals surface area contributed by atoms with Gasteiger partial charge in [-0.1, -0.05) is 35.0 Å². The highest BCUT2D eigenvalue weighted by Gasteiger charge is 2.23. The Morgan fingerprint density at radius 1 is 1.30 bits per heavy atom. The summed E-state index contributed by atoms with van der Waals surface area (Å²) in [7, 11) is 0. The van der Waals surface area contributed by atoms with Crippen molar-refractivity contribution >= 4 is 5.91 Å². The van der Waals surface area contributed by atoms with Crippen molar-refractivity contribution in [3.63, 3.8) is 0 Å². The van der Waals surface area contributed by atoms with E-state index in [0.717, 1.165) is 24.9 Å². The molecule has 5 heteroatoms. The number of carbonyl (C=O) groups excluding carboxylic acids is 1. The summed E-state index contributed by atoms with van der Waals surface area (Å²) in [5.74, 6) is 1.30. The maximum Gasteiger partial charge on any atom is 0.227 e. The van der Waals surface area contributed by atoms with Crippen molar-refractivity contribution < 1.29 is 9.32 Å². The summed E-state index contributed by atoms with van der Waals surface area (Å²) in [6, 6.07) is 8.34. The monoisotopic (exact) mass is 313 g/mol. The quantitative estimate of drug-likeness (QED) is 0.868. The molecule has 3 rings (SSSR count). The van der Waals surface area contributed by atoms with Crippen LogP contribution in [0.3, 0.4) is 0 Å². The molecular weight excluding hydrogens is 290 g/mol. The lowest BCUT2D eigenvalue weighted by Crippen LogP contribution is -2.42. The fourth-order valence-electron chi connectivity index (χ4n) is 3.00. The van der Waals surface area contributed by atoms with Crippen LogP contribution >= 0.6 is 0 Å². The van der Waals surface area contributed by atoms with Crippen molar-refractivity contribution in [1.29, 1.82) is 0 Å². The smallest absolute Gasteiger partial charge is 0.227 e. The lowest BCUT2D eigenvalue weighted by molar-refractivity contribution is -0.134.